The Bertz CT molecular complexity index is 567. The summed E-state index contributed by atoms with van der Waals surface area (Å²) in [6, 6.07) is 12.3. The Kier molecular flexibility index (Phi) is 3.48. The van der Waals surface area contributed by atoms with Crippen molar-refractivity contribution in [2.45, 2.75) is 0 Å². The molecule has 0 aliphatic rings. The summed E-state index contributed by atoms with van der Waals surface area (Å²) in [6.45, 7) is 0. The number of phenols is 1. The maximum absolute atomic E-state index is 10.5. The van der Waals surface area contributed by atoms with Crippen LogP contribution in [0.4, 0.5) is 5.69 Å². The zero-order valence-corrected chi connectivity index (χ0v) is 9.88. The molecule has 0 fully saturated rings. The fourth-order valence-corrected chi connectivity index (χ4v) is 1.74. The number of carbonyl (C=O) groups excluding carboxylic acids is 1. The molecule has 0 bridgehead atoms. The van der Waals surface area contributed by atoms with Gasteiger partial charge in [-0.2, -0.15) is 0 Å². The van der Waals surface area contributed by atoms with Crippen molar-refractivity contribution in [2.24, 2.45) is 0 Å². The van der Waals surface area contributed by atoms with E-state index in [9.17, 15) is 9.90 Å². The second-order valence-electron chi connectivity index (χ2n) is 3.73. The predicted octanol–water partition coefficient (Wildman–Crippen LogP) is 2.64. The van der Waals surface area contributed by atoms with Gasteiger partial charge in [-0.1, -0.05) is 18.2 Å². The summed E-state index contributed by atoms with van der Waals surface area (Å²) in [6.07, 6.45) is 0.601. The smallest absolute Gasteiger partial charge is 0.211 e. The number of hydrogen-bond acceptors (Lipinski definition) is 3. The van der Waals surface area contributed by atoms with Crippen LogP contribution in [0.1, 0.15) is 0 Å². The van der Waals surface area contributed by atoms with Gasteiger partial charge in [0.05, 0.1) is 7.11 Å². The maximum Gasteiger partial charge on any atom is 0.211 e. The van der Waals surface area contributed by atoms with Crippen molar-refractivity contribution in [3.05, 3.63) is 42.5 Å². The minimum Gasteiger partial charge on any atom is -0.507 e. The quantitative estimate of drug-likeness (QED) is 0.811. The van der Waals surface area contributed by atoms with Crippen LogP contribution in [0, 0.1) is 0 Å². The number of rotatable bonds is 4. The van der Waals surface area contributed by atoms with E-state index in [1.165, 1.54) is 0 Å². The molecule has 0 heterocycles. The number of benzene rings is 2. The molecule has 4 heteroatoms. The second-order valence-corrected chi connectivity index (χ2v) is 3.73. The van der Waals surface area contributed by atoms with Gasteiger partial charge < -0.3 is 15.2 Å². The normalized spacial score (nSPS) is 9.83. The highest BCUT2D eigenvalue weighted by Crippen LogP contribution is 2.33. The van der Waals surface area contributed by atoms with Crippen molar-refractivity contribution < 1.29 is 14.6 Å². The maximum atomic E-state index is 10.5. The van der Waals surface area contributed by atoms with E-state index in [1.807, 2.05) is 6.07 Å². The van der Waals surface area contributed by atoms with E-state index >= 15 is 0 Å². The zero-order valence-electron chi connectivity index (χ0n) is 9.88. The van der Waals surface area contributed by atoms with Gasteiger partial charge in [0, 0.05) is 17.3 Å². The summed E-state index contributed by atoms with van der Waals surface area (Å²) in [7, 11) is 1.55. The lowest BCUT2D eigenvalue weighted by molar-refractivity contribution is -0.105. The van der Waals surface area contributed by atoms with Crippen LogP contribution >= 0.6 is 0 Å². The summed E-state index contributed by atoms with van der Waals surface area (Å²) in [5.41, 5.74) is 2.07. The lowest BCUT2D eigenvalue weighted by Crippen LogP contribution is -1.95. The van der Waals surface area contributed by atoms with E-state index in [0.29, 0.717) is 23.4 Å². The van der Waals surface area contributed by atoms with Gasteiger partial charge in [0.15, 0.2) is 0 Å². The van der Waals surface area contributed by atoms with Crippen LogP contribution in [0.2, 0.25) is 0 Å². The van der Waals surface area contributed by atoms with Gasteiger partial charge in [0.1, 0.15) is 11.5 Å². The largest absolute Gasteiger partial charge is 0.507 e. The Labute approximate surface area is 105 Å². The topological polar surface area (TPSA) is 58.6 Å². The Balaban J connectivity index is 2.53. The number of phenolic OH excluding ortho intramolecular Hbond substituents is 1. The first-order valence-electron chi connectivity index (χ1n) is 5.42. The third-order valence-electron chi connectivity index (χ3n) is 2.58. The minimum atomic E-state index is 0.183. The lowest BCUT2D eigenvalue weighted by atomic mass is 10.0. The molecule has 0 atom stereocenters. The number of methoxy groups -OCH3 is 1. The molecule has 0 saturated heterocycles. The fraction of sp³-hybridized carbons (Fsp3) is 0.0714. The summed E-state index contributed by atoms with van der Waals surface area (Å²) < 4.78 is 5.17. The van der Waals surface area contributed by atoms with Gasteiger partial charge in [-0.3, -0.25) is 4.79 Å². The first-order chi connectivity index (χ1) is 8.74. The molecule has 4 nitrogen and oxygen atoms in total. The van der Waals surface area contributed by atoms with Crippen LogP contribution in [0.3, 0.4) is 0 Å². The van der Waals surface area contributed by atoms with E-state index in [0.717, 1.165) is 5.56 Å². The van der Waals surface area contributed by atoms with Crippen molar-refractivity contribution >= 4 is 12.1 Å². The molecule has 2 aromatic carbocycles. The van der Waals surface area contributed by atoms with Crippen molar-refractivity contribution in [3.63, 3.8) is 0 Å². The third kappa shape index (κ3) is 2.43. The summed E-state index contributed by atoms with van der Waals surface area (Å²) in [5, 5.41) is 12.4. The molecular formula is C14H13NO3. The van der Waals surface area contributed by atoms with Gasteiger partial charge in [-0.05, 0) is 23.8 Å². The first-order valence-corrected chi connectivity index (χ1v) is 5.42. The molecule has 0 aliphatic carbocycles. The van der Waals surface area contributed by atoms with Crippen molar-refractivity contribution in [1.82, 2.24) is 0 Å². The zero-order chi connectivity index (χ0) is 13.0. The van der Waals surface area contributed by atoms with E-state index in [2.05, 4.69) is 5.32 Å². The van der Waals surface area contributed by atoms with Crippen LogP contribution in [-0.4, -0.2) is 18.6 Å². The van der Waals surface area contributed by atoms with E-state index in [1.54, 1.807) is 43.5 Å². The number of nitrogens with one attached hydrogen (secondary N) is 1. The highest BCUT2D eigenvalue weighted by Gasteiger charge is 2.07. The molecule has 18 heavy (non-hydrogen) atoms. The molecule has 0 saturated carbocycles. The SMILES string of the molecule is COc1cc(NC=O)cc(-c2ccccc2O)c1. The number of carbonyl (C=O) groups is 1. The van der Waals surface area contributed by atoms with Gasteiger partial charge >= 0.3 is 0 Å². The number of aromatic hydroxyl groups is 1. The average Bonchev–Trinajstić information content (AvgIpc) is 2.39. The Morgan fingerprint density at radius 2 is 2.00 bits per heavy atom. The Hall–Kier alpha value is -2.49. The summed E-state index contributed by atoms with van der Waals surface area (Å²) in [4.78, 5) is 10.5. The number of amides is 1. The van der Waals surface area contributed by atoms with Crippen molar-refractivity contribution in [2.75, 3.05) is 12.4 Å². The van der Waals surface area contributed by atoms with E-state index in [4.69, 9.17) is 4.74 Å². The Morgan fingerprint density at radius 1 is 1.22 bits per heavy atom. The predicted molar refractivity (Wildman–Crippen MR) is 69.8 cm³/mol. The molecule has 2 aromatic rings. The first kappa shape index (κ1) is 12.0. The van der Waals surface area contributed by atoms with Crippen LogP contribution in [0.5, 0.6) is 11.5 Å². The fourth-order valence-electron chi connectivity index (χ4n) is 1.74. The number of para-hydroxylation sites is 1. The lowest BCUT2D eigenvalue weighted by Gasteiger charge is -2.09. The number of anilines is 1. The van der Waals surface area contributed by atoms with Gasteiger partial charge in [0.25, 0.3) is 0 Å². The van der Waals surface area contributed by atoms with Crippen LogP contribution in [0.25, 0.3) is 11.1 Å². The monoisotopic (exact) mass is 243 g/mol. The highest BCUT2D eigenvalue weighted by molar-refractivity contribution is 5.79. The van der Waals surface area contributed by atoms with Crippen LogP contribution in [-0.2, 0) is 4.79 Å². The Morgan fingerprint density at radius 3 is 2.67 bits per heavy atom. The highest BCUT2D eigenvalue weighted by atomic mass is 16.5. The standard InChI is InChI=1S/C14H13NO3/c1-18-12-7-10(6-11(8-12)15-9-16)13-4-2-3-5-14(13)17/h2-9,17H,1H3,(H,15,16). The van der Waals surface area contributed by atoms with Crippen molar-refractivity contribution in [1.29, 1.82) is 0 Å². The number of hydrogen-bond donors (Lipinski definition) is 2. The van der Waals surface area contributed by atoms with Crippen molar-refractivity contribution in [3.8, 4) is 22.6 Å². The molecule has 0 unspecified atom stereocenters. The van der Waals surface area contributed by atoms with Gasteiger partial charge in [-0.15, -0.1) is 0 Å². The molecule has 0 aliphatic heterocycles. The average molecular weight is 243 g/mol. The molecule has 0 spiro atoms. The van der Waals surface area contributed by atoms with Gasteiger partial charge in [-0.25, -0.2) is 0 Å². The summed E-state index contributed by atoms with van der Waals surface area (Å²) >= 11 is 0. The van der Waals surface area contributed by atoms with E-state index in [-0.39, 0.29) is 5.75 Å². The van der Waals surface area contributed by atoms with Gasteiger partial charge in [0.2, 0.25) is 6.41 Å². The molecule has 1 amide bonds. The molecule has 0 radical (unpaired) electrons. The van der Waals surface area contributed by atoms with Crippen LogP contribution < -0.4 is 10.1 Å². The molecular weight excluding hydrogens is 230 g/mol. The molecule has 0 aromatic heterocycles. The minimum absolute atomic E-state index is 0.183. The number of ether oxygens (including phenoxy) is 1. The molecule has 2 rings (SSSR count). The molecule has 2 N–H and O–H groups in total. The summed E-state index contributed by atoms with van der Waals surface area (Å²) in [5.74, 6) is 0.794. The van der Waals surface area contributed by atoms with E-state index < -0.39 is 0 Å². The van der Waals surface area contributed by atoms with Crippen LogP contribution in [0.15, 0.2) is 42.5 Å². The molecule has 92 valence electrons. The second kappa shape index (κ2) is 5.23. The third-order valence-corrected chi connectivity index (χ3v) is 2.58.